The molecule has 0 unspecified atom stereocenters. The van der Waals surface area contributed by atoms with E-state index in [0.29, 0.717) is 17.1 Å². The van der Waals surface area contributed by atoms with Crippen LogP contribution >= 0.6 is 0 Å². The van der Waals surface area contributed by atoms with Crippen molar-refractivity contribution in [2.24, 2.45) is 0 Å². The summed E-state index contributed by atoms with van der Waals surface area (Å²) < 4.78 is 30.2. The SMILES string of the molecule is CCOC(=O)c1c(NC(=O)COC(=O)c2c(C)nn(-c3ccc(F)cc3)c2C)oc(C)c1C(C)=O. The minimum absolute atomic E-state index is 0.00444. The van der Waals surface area contributed by atoms with Crippen molar-refractivity contribution in [1.29, 1.82) is 0 Å². The molecular weight excluding hydrogens is 461 g/mol. The molecule has 10 nitrogen and oxygen atoms in total. The third-order valence-corrected chi connectivity index (χ3v) is 5.07. The van der Waals surface area contributed by atoms with Crippen molar-refractivity contribution in [3.8, 4) is 5.69 Å². The average molecular weight is 485 g/mol. The quantitative estimate of drug-likeness (QED) is 0.378. The van der Waals surface area contributed by atoms with Crippen LogP contribution in [-0.4, -0.2) is 46.6 Å². The van der Waals surface area contributed by atoms with E-state index in [-0.39, 0.29) is 34.9 Å². The first kappa shape index (κ1) is 25.3. The molecule has 0 fully saturated rings. The van der Waals surface area contributed by atoms with Crippen LogP contribution in [0.2, 0.25) is 0 Å². The molecule has 1 N–H and O–H groups in total. The number of amides is 1. The molecule has 2 heterocycles. The van der Waals surface area contributed by atoms with Crippen LogP contribution in [0.15, 0.2) is 28.7 Å². The van der Waals surface area contributed by atoms with Crippen molar-refractivity contribution in [1.82, 2.24) is 9.78 Å². The van der Waals surface area contributed by atoms with Crippen LogP contribution in [0.25, 0.3) is 5.69 Å². The highest BCUT2D eigenvalue weighted by Crippen LogP contribution is 2.28. The number of furan rings is 1. The second kappa shape index (κ2) is 10.3. The lowest BCUT2D eigenvalue weighted by Gasteiger charge is -2.08. The minimum Gasteiger partial charge on any atom is -0.462 e. The van der Waals surface area contributed by atoms with Gasteiger partial charge in [-0.25, -0.2) is 18.7 Å². The summed E-state index contributed by atoms with van der Waals surface area (Å²) in [7, 11) is 0. The van der Waals surface area contributed by atoms with Gasteiger partial charge in [-0.05, 0) is 58.9 Å². The number of carbonyl (C=O) groups is 4. The maximum absolute atomic E-state index is 13.2. The van der Waals surface area contributed by atoms with Crippen molar-refractivity contribution >= 4 is 29.5 Å². The maximum atomic E-state index is 13.2. The molecule has 3 rings (SSSR count). The summed E-state index contributed by atoms with van der Waals surface area (Å²) in [6, 6.07) is 5.57. The molecule has 0 saturated carbocycles. The zero-order chi connectivity index (χ0) is 25.9. The number of hydrogen-bond donors (Lipinski definition) is 1. The number of nitrogens with zero attached hydrogens (tertiary/aromatic N) is 2. The Hall–Kier alpha value is -4.28. The molecule has 0 aliphatic heterocycles. The number of ether oxygens (including phenoxy) is 2. The molecule has 0 aliphatic carbocycles. The molecule has 35 heavy (non-hydrogen) atoms. The van der Waals surface area contributed by atoms with E-state index >= 15 is 0 Å². The molecule has 0 saturated heterocycles. The highest BCUT2D eigenvalue weighted by molar-refractivity contribution is 6.11. The Bertz CT molecular complexity index is 1310. The molecule has 1 aromatic carbocycles. The Kier molecular flexibility index (Phi) is 7.48. The molecule has 11 heteroatoms. The fraction of sp³-hybridized carbons (Fsp3) is 0.292. The van der Waals surface area contributed by atoms with Crippen LogP contribution in [0.4, 0.5) is 10.3 Å². The van der Waals surface area contributed by atoms with E-state index in [1.165, 1.54) is 42.8 Å². The predicted molar refractivity (Wildman–Crippen MR) is 121 cm³/mol. The maximum Gasteiger partial charge on any atom is 0.344 e. The van der Waals surface area contributed by atoms with Crippen molar-refractivity contribution in [3.05, 3.63) is 63.9 Å². The summed E-state index contributed by atoms with van der Waals surface area (Å²) in [6.45, 7) is 6.92. The van der Waals surface area contributed by atoms with E-state index in [9.17, 15) is 23.6 Å². The molecule has 0 radical (unpaired) electrons. The molecular formula is C24H24FN3O7. The Morgan fingerprint density at radius 3 is 2.23 bits per heavy atom. The molecule has 0 atom stereocenters. The van der Waals surface area contributed by atoms with E-state index in [2.05, 4.69) is 10.4 Å². The van der Waals surface area contributed by atoms with Gasteiger partial charge in [0, 0.05) is 0 Å². The third-order valence-electron chi connectivity index (χ3n) is 5.07. The van der Waals surface area contributed by atoms with Gasteiger partial charge in [0.25, 0.3) is 5.91 Å². The third kappa shape index (κ3) is 5.29. The van der Waals surface area contributed by atoms with E-state index in [1.807, 2.05) is 0 Å². The molecule has 0 aliphatic rings. The zero-order valence-electron chi connectivity index (χ0n) is 19.9. The lowest BCUT2D eigenvalue weighted by Crippen LogP contribution is -2.22. The predicted octanol–water partition coefficient (Wildman–Crippen LogP) is 3.70. The first-order valence-corrected chi connectivity index (χ1v) is 10.7. The number of aryl methyl sites for hydroxylation is 2. The van der Waals surface area contributed by atoms with Crippen LogP contribution in [0.1, 0.15) is 62.1 Å². The number of Topliss-reactive ketones (excluding diaryl/α,β-unsaturated/α-hetero) is 1. The summed E-state index contributed by atoms with van der Waals surface area (Å²) >= 11 is 0. The first-order valence-electron chi connectivity index (χ1n) is 10.7. The average Bonchev–Trinajstić information content (AvgIpc) is 3.28. The topological polar surface area (TPSA) is 130 Å². The Morgan fingerprint density at radius 2 is 1.63 bits per heavy atom. The summed E-state index contributed by atoms with van der Waals surface area (Å²) in [6.07, 6.45) is 0. The van der Waals surface area contributed by atoms with Crippen molar-refractivity contribution < 1.29 is 37.5 Å². The molecule has 2 aromatic heterocycles. The highest BCUT2D eigenvalue weighted by Gasteiger charge is 2.29. The number of carbonyl (C=O) groups excluding carboxylic acids is 4. The Morgan fingerprint density at radius 1 is 1.00 bits per heavy atom. The smallest absolute Gasteiger partial charge is 0.344 e. The second-order valence-electron chi connectivity index (χ2n) is 7.57. The summed E-state index contributed by atoms with van der Waals surface area (Å²) in [5.41, 5.74) is 1.29. The fourth-order valence-corrected chi connectivity index (χ4v) is 3.59. The van der Waals surface area contributed by atoms with Crippen molar-refractivity contribution in [2.45, 2.75) is 34.6 Å². The lowest BCUT2D eigenvalue weighted by atomic mass is 10.1. The number of aromatic nitrogens is 2. The number of nitrogens with one attached hydrogen (secondary N) is 1. The van der Waals surface area contributed by atoms with Gasteiger partial charge in [-0.2, -0.15) is 5.10 Å². The highest BCUT2D eigenvalue weighted by atomic mass is 19.1. The molecule has 184 valence electrons. The number of rotatable bonds is 8. The van der Waals surface area contributed by atoms with Gasteiger partial charge in [-0.3, -0.25) is 14.9 Å². The molecule has 3 aromatic rings. The minimum atomic E-state index is -0.832. The number of anilines is 1. The summed E-state index contributed by atoms with van der Waals surface area (Å²) in [4.78, 5) is 49.5. The van der Waals surface area contributed by atoms with Gasteiger partial charge < -0.3 is 13.9 Å². The lowest BCUT2D eigenvalue weighted by molar-refractivity contribution is -0.119. The normalized spacial score (nSPS) is 10.7. The fourth-order valence-electron chi connectivity index (χ4n) is 3.59. The number of esters is 2. The van der Waals surface area contributed by atoms with Crippen LogP contribution in [-0.2, 0) is 14.3 Å². The Balaban J connectivity index is 1.75. The van der Waals surface area contributed by atoms with E-state index in [0.717, 1.165) is 0 Å². The van der Waals surface area contributed by atoms with Crippen LogP contribution < -0.4 is 5.32 Å². The van der Waals surface area contributed by atoms with Crippen molar-refractivity contribution in [2.75, 3.05) is 18.5 Å². The Labute approximate surface area is 200 Å². The van der Waals surface area contributed by atoms with Gasteiger partial charge in [0.15, 0.2) is 12.4 Å². The number of hydrogen-bond acceptors (Lipinski definition) is 8. The zero-order valence-corrected chi connectivity index (χ0v) is 19.9. The second-order valence-corrected chi connectivity index (χ2v) is 7.57. The van der Waals surface area contributed by atoms with Gasteiger partial charge in [0.05, 0.1) is 29.2 Å². The largest absolute Gasteiger partial charge is 0.462 e. The van der Waals surface area contributed by atoms with Crippen molar-refractivity contribution in [3.63, 3.8) is 0 Å². The van der Waals surface area contributed by atoms with Gasteiger partial charge >= 0.3 is 11.9 Å². The van der Waals surface area contributed by atoms with Gasteiger partial charge in [-0.1, -0.05) is 0 Å². The van der Waals surface area contributed by atoms with Gasteiger partial charge in [0.1, 0.15) is 22.7 Å². The van der Waals surface area contributed by atoms with Gasteiger partial charge in [0.2, 0.25) is 5.88 Å². The molecule has 0 spiro atoms. The van der Waals surface area contributed by atoms with E-state index in [4.69, 9.17) is 13.9 Å². The molecule has 1 amide bonds. The van der Waals surface area contributed by atoms with Crippen LogP contribution in [0, 0.1) is 26.6 Å². The monoisotopic (exact) mass is 485 g/mol. The van der Waals surface area contributed by atoms with E-state index < -0.39 is 36.1 Å². The summed E-state index contributed by atoms with van der Waals surface area (Å²) in [5.74, 6) is -3.42. The van der Waals surface area contributed by atoms with Crippen LogP contribution in [0.5, 0.6) is 0 Å². The number of halogens is 1. The summed E-state index contributed by atoms with van der Waals surface area (Å²) in [5, 5.41) is 6.64. The number of ketones is 1. The number of benzene rings is 1. The first-order chi connectivity index (χ1) is 16.5. The van der Waals surface area contributed by atoms with Gasteiger partial charge in [-0.15, -0.1) is 0 Å². The molecule has 0 bridgehead atoms. The van der Waals surface area contributed by atoms with Crippen LogP contribution in [0.3, 0.4) is 0 Å². The van der Waals surface area contributed by atoms with E-state index in [1.54, 1.807) is 20.8 Å². The standard InChI is InChI=1S/C24H24FN3O7/c1-6-33-24(32)21-20(14(4)29)15(5)35-22(21)26-18(30)11-34-23(31)19-12(2)27-28(13(19)3)17-9-7-16(25)8-10-17/h7-10H,6,11H2,1-5H3,(H,26,30).